The van der Waals surface area contributed by atoms with E-state index < -0.39 is 17.8 Å². The number of aryl methyl sites for hydroxylation is 1. The number of carboxylic acid groups (broad SMARTS) is 1. The van der Waals surface area contributed by atoms with Crippen molar-refractivity contribution in [2.75, 3.05) is 6.54 Å². The highest BCUT2D eigenvalue weighted by Crippen LogP contribution is 2.35. The lowest BCUT2D eigenvalue weighted by Crippen LogP contribution is -2.36. The third-order valence-electron chi connectivity index (χ3n) is 4.34. The van der Waals surface area contributed by atoms with Crippen molar-refractivity contribution in [1.82, 2.24) is 9.88 Å². The molecule has 134 valence electrons. The van der Waals surface area contributed by atoms with E-state index in [-0.39, 0.29) is 23.2 Å². The number of aromatic nitrogens is 1. The van der Waals surface area contributed by atoms with Crippen LogP contribution in [0.4, 0.5) is 13.2 Å². The van der Waals surface area contributed by atoms with E-state index in [1.165, 1.54) is 11.0 Å². The number of carbonyl (C=O) groups is 2. The highest BCUT2D eigenvalue weighted by Gasteiger charge is 2.35. The number of alkyl halides is 3. The minimum absolute atomic E-state index is 0.133. The van der Waals surface area contributed by atoms with Gasteiger partial charge in [-0.1, -0.05) is 0 Å². The minimum Gasteiger partial charge on any atom is -0.481 e. The summed E-state index contributed by atoms with van der Waals surface area (Å²) in [6.07, 6.45) is -3.35. The summed E-state index contributed by atoms with van der Waals surface area (Å²) in [5.74, 6) is -1.31. The molecule has 0 aliphatic carbocycles. The number of hydrogen-bond acceptors (Lipinski definition) is 4. The highest BCUT2D eigenvalue weighted by atomic mass is 32.1. The van der Waals surface area contributed by atoms with Gasteiger partial charge in [-0.3, -0.25) is 9.59 Å². The highest BCUT2D eigenvalue weighted by molar-refractivity contribution is 7.20. The minimum atomic E-state index is -4.54. The van der Waals surface area contributed by atoms with E-state index in [0.717, 1.165) is 17.4 Å². The van der Waals surface area contributed by atoms with Crippen molar-refractivity contribution < 1.29 is 27.9 Å². The lowest BCUT2D eigenvalue weighted by atomic mass is 10.1. The number of rotatable bonds is 3. The molecule has 25 heavy (non-hydrogen) atoms. The fourth-order valence-corrected chi connectivity index (χ4v) is 4.24. The van der Waals surface area contributed by atoms with E-state index >= 15 is 0 Å². The first-order valence-corrected chi connectivity index (χ1v) is 8.50. The van der Waals surface area contributed by atoms with E-state index in [4.69, 9.17) is 5.11 Å². The zero-order valence-electron chi connectivity index (χ0n) is 13.3. The molecule has 1 aliphatic rings. The summed E-state index contributed by atoms with van der Waals surface area (Å²) in [5, 5.41) is 9.48. The Balaban J connectivity index is 1.96. The topological polar surface area (TPSA) is 70.5 Å². The number of hydrogen-bond donors (Lipinski definition) is 1. The first-order valence-electron chi connectivity index (χ1n) is 7.68. The number of carboxylic acids is 1. The van der Waals surface area contributed by atoms with Crippen molar-refractivity contribution in [1.29, 1.82) is 0 Å². The SMILES string of the molecule is Cc1c(C(=O)N2CCCC2CC(=O)O)sc2nc(C(F)(F)F)ccc12. The van der Waals surface area contributed by atoms with E-state index in [9.17, 15) is 22.8 Å². The Kier molecular flexibility index (Phi) is 4.44. The van der Waals surface area contributed by atoms with Crippen LogP contribution in [-0.4, -0.2) is 39.5 Å². The Hall–Kier alpha value is -2.16. The number of carbonyl (C=O) groups excluding carboxylic acids is 1. The summed E-state index contributed by atoms with van der Waals surface area (Å²) in [6.45, 7) is 2.12. The first-order chi connectivity index (χ1) is 11.7. The maximum atomic E-state index is 12.8. The molecule has 1 atom stereocenters. The van der Waals surface area contributed by atoms with Crippen LogP contribution < -0.4 is 0 Å². The van der Waals surface area contributed by atoms with E-state index in [1.54, 1.807) is 6.92 Å². The Morgan fingerprint density at radius 1 is 1.40 bits per heavy atom. The van der Waals surface area contributed by atoms with Gasteiger partial charge in [-0.2, -0.15) is 13.2 Å². The summed E-state index contributed by atoms with van der Waals surface area (Å²) in [4.78, 5) is 29.4. The standard InChI is InChI=1S/C16H15F3N2O3S/c1-8-10-4-5-11(16(17,18)19)20-14(10)25-13(8)15(24)21-6-2-3-9(21)7-12(22)23/h4-5,9H,2-3,6-7H2,1H3,(H,22,23). The number of aliphatic carboxylic acids is 1. The Morgan fingerprint density at radius 3 is 2.76 bits per heavy atom. The fourth-order valence-electron chi connectivity index (χ4n) is 3.11. The second-order valence-electron chi connectivity index (χ2n) is 6.00. The summed E-state index contributed by atoms with van der Waals surface area (Å²) in [6, 6.07) is 1.85. The van der Waals surface area contributed by atoms with Crippen LogP contribution in [0.25, 0.3) is 10.2 Å². The van der Waals surface area contributed by atoms with Crippen LogP contribution in [0.3, 0.4) is 0 Å². The number of thiophene rings is 1. The molecule has 2 aromatic rings. The second kappa shape index (κ2) is 6.29. The normalized spacial score (nSPS) is 18.1. The van der Waals surface area contributed by atoms with Crippen molar-refractivity contribution >= 4 is 33.4 Å². The van der Waals surface area contributed by atoms with E-state index in [1.807, 2.05) is 0 Å². The number of nitrogens with zero attached hydrogens (tertiary/aromatic N) is 2. The summed E-state index contributed by atoms with van der Waals surface area (Å²) in [7, 11) is 0. The van der Waals surface area contributed by atoms with Gasteiger partial charge in [-0.25, -0.2) is 4.98 Å². The summed E-state index contributed by atoms with van der Waals surface area (Å²) >= 11 is 0.920. The molecule has 0 radical (unpaired) electrons. The number of pyridine rings is 1. The van der Waals surface area contributed by atoms with Crippen molar-refractivity contribution in [3.63, 3.8) is 0 Å². The predicted octanol–water partition coefficient (Wildman–Crippen LogP) is 3.70. The number of fused-ring (bicyclic) bond motifs is 1. The lowest BCUT2D eigenvalue weighted by Gasteiger charge is -2.23. The average Bonchev–Trinajstić information content (AvgIpc) is 3.10. The van der Waals surface area contributed by atoms with E-state index in [0.29, 0.717) is 35.2 Å². The quantitative estimate of drug-likeness (QED) is 0.892. The molecule has 0 aromatic carbocycles. The Bertz CT molecular complexity index is 847. The van der Waals surface area contributed by atoms with Gasteiger partial charge in [0, 0.05) is 18.0 Å². The summed E-state index contributed by atoms with van der Waals surface area (Å²) < 4.78 is 38.4. The van der Waals surface area contributed by atoms with Crippen LogP contribution in [0.2, 0.25) is 0 Å². The van der Waals surface area contributed by atoms with Gasteiger partial charge < -0.3 is 10.0 Å². The molecular weight excluding hydrogens is 357 g/mol. The molecule has 1 aliphatic heterocycles. The van der Waals surface area contributed by atoms with Gasteiger partial charge in [0.1, 0.15) is 10.5 Å². The average molecular weight is 372 g/mol. The molecule has 1 unspecified atom stereocenters. The van der Waals surface area contributed by atoms with Gasteiger partial charge in [0.15, 0.2) is 0 Å². The molecule has 5 nitrogen and oxygen atoms in total. The first kappa shape index (κ1) is 17.7. The van der Waals surface area contributed by atoms with Crippen molar-refractivity contribution in [2.24, 2.45) is 0 Å². The maximum Gasteiger partial charge on any atom is 0.433 e. The largest absolute Gasteiger partial charge is 0.481 e. The van der Waals surface area contributed by atoms with Crippen molar-refractivity contribution in [2.45, 2.75) is 38.4 Å². The van der Waals surface area contributed by atoms with Crippen LogP contribution in [-0.2, 0) is 11.0 Å². The Morgan fingerprint density at radius 2 is 2.12 bits per heavy atom. The Labute approximate surface area is 145 Å². The fraction of sp³-hybridized carbons (Fsp3) is 0.438. The lowest BCUT2D eigenvalue weighted by molar-refractivity contribution is -0.141. The van der Waals surface area contributed by atoms with Gasteiger partial charge in [0.2, 0.25) is 0 Å². The van der Waals surface area contributed by atoms with Crippen LogP contribution in [0.5, 0.6) is 0 Å². The van der Waals surface area contributed by atoms with Crippen LogP contribution in [0.1, 0.15) is 40.2 Å². The van der Waals surface area contributed by atoms with E-state index in [2.05, 4.69) is 4.98 Å². The predicted molar refractivity (Wildman–Crippen MR) is 85.7 cm³/mol. The van der Waals surface area contributed by atoms with Crippen molar-refractivity contribution in [3.8, 4) is 0 Å². The second-order valence-corrected chi connectivity index (χ2v) is 6.99. The van der Waals surface area contributed by atoms with Gasteiger partial charge in [-0.15, -0.1) is 11.3 Å². The van der Waals surface area contributed by atoms with Gasteiger partial charge in [0.05, 0.1) is 11.3 Å². The molecule has 1 amide bonds. The molecule has 1 fully saturated rings. The monoisotopic (exact) mass is 372 g/mol. The maximum absolute atomic E-state index is 12.8. The molecule has 9 heteroatoms. The van der Waals surface area contributed by atoms with Gasteiger partial charge in [-0.05, 0) is 37.5 Å². The molecule has 3 heterocycles. The van der Waals surface area contributed by atoms with Crippen LogP contribution in [0.15, 0.2) is 12.1 Å². The molecule has 3 rings (SSSR count). The molecule has 0 saturated carbocycles. The number of halogens is 3. The zero-order chi connectivity index (χ0) is 18.4. The third-order valence-corrected chi connectivity index (χ3v) is 5.53. The van der Waals surface area contributed by atoms with Gasteiger partial charge >= 0.3 is 12.1 Å². The van der Waals surface area contributed by atoms with Gasteiger partial charge in [0.25, 0.3) is 5.91 Å². The number of amides is 1. The molecule has 2 aromatic heterocycles. The zero-order valence-corrected chi connectivity index (χ0v) is 14.1. The molecule has 0 spiro atoms. The molecule has 0 bridgehead atoms. The summed E-state index contributed by atoms with van der Waals surface area (Å²) in [5.41, 5.74) is -0.419. The van der Waals surface area contributed by atoms with Crippen molar-refractivity contribution in [3.05, 3.63) is 28.3 Å². The smallest absolute Gasteiger partial charge is 0.433 e. The number of likely N-dealkylation sites (tertiary alicyclic amines) is 1. The third kappa shape index (κ3) is 3.33. The van der Waals surface area contributed by atoms with Crippen LogP contribution >= 0.6 is 11.3 Å². The molecule has 1 N–H and O–H groups in total. The molecule has 1 saturated heterocycles. The molecular formula is C16H15F3N2O3S. The van der Waals surface area contributed by atoms with Crippen LogP contribution in [0, 0.1) is 6.92 Å².